The molecule has 0 atom stereocenters. The third kappa shape index (κ3) is 2.46. The van der Waals surface area contributed by atoms with E-state index in [1.807, 2.05) is 0 Å². The third-order valence-electron chi connectivity index (χ3n) is 3.21. The predicted molar refractivity (Wildman–Crippen MR) is 53.1 cm³/mol. The normalized spacial score (nSPS) is 18.2. The van der Waals surface area contributed by atoms with Crippen molar-refractivity contribution in [1.29, 1.82) is 0 Å². The summed E-state index contributed by atoms with van der Waals surface area (Å²) in [5, 5.41) is 3.62. The molecule has 2 heteroatoms. The molecule has 3 N–H and O–H groups in total. The minimum Gasteiger partial charge on any atom is -0.329 e. The van der Waals surface area contributed by atoms with Gasteiger partial charge in [0, 0.05) is 12.1 Å². The topological polar surface area (TPSA) is 38.0 Å². The monoisotopic (exact) mass is 170 g/mol. The molecule has 12 heavy (non-hydrogen) atoms. The van der Waals surface area contributed by atoms with Crippen LogP contribution >= 0.6 is 0 Å². The van der Waals surface area contributed by atoms with Gasteiger partial charge in [0.25, 0.3) is 0 Å². The minimum absolute atomic E-state index is 0.225. The number of nitrogens with two attached hydrogens (primary N) is 1. The molecule has 1 aliphatic carbocycles. The maximum absolute atomic E-state index is 5.77. The fraction of sp³-hybridized carbons (Fsp3) is 1.00. The zero-order chi connectivity index (χ0) is 9.03. The van der Waals surface area contributed by atoms with Gasteiger partial charge < -0.3 is 11.1 Å². The zero-order valence-electron chi connectivity index (χ0n) is 8.40. The molecule has 0 aromatic rings. The summed E-state index contributed by atoms with van der Waals surface area (Å²) in [6.45, 7) is 6.39. The lowest BCUT2D eigenvalue weighted by atomic mass is 9.93. The summed E-state index contributed by atoms with van der Waals surface area (Å²) >= 11 is 0. The Hall–Kier alpha value is -0.0800. The Morgan fingerprint density at radius 1 is 1.33 bits per heavy atom. The van der Waals surface area contributed by atoms with Crippen molar-refractivity contribution in [2.45, 2.75) is 45.1 Å². The summed E-state index contributed by atoms with van der Waals surface area (Å²) in [7, 11) is 0. The molecule has 2 nitrogen and oxygen atoms in total. The van der Waals surface area contributed by atoms with Gasteiger partial charge in [-0.3, -0.25) is 0 Å². The first-order chi connectivity index (χ1) is 5.76. The van der Waals surface area contributed by atoms with Crippen molar-refractivity contribution in [3.8, 4) is 0 Å². The van der Waals surface area contributed by atoms with Gasteiger partial charge in [0.15, 0.2) is 0 Å². The first kappa shape index (κ1) is 10.0. The molecule has 0 saturated heterocycles. The van der Waals surface area contributed by atoms with Crippen LogP contribution in [-0.4, -0.2) is 18.6 Å². The highest BCUT2D eigenvalue weighted by Gasteiger charge is 2.28. The van der Waals surface area contributed by atoms with E-state index in [2.05, 4.69) is 19.2 Å². The van der Waals surface area contributed by atoms with Crippen LogP contribution in [0.3, 0.4) is 0 Å². The van der Waals surface area contributed by atoms with E-state index in [0.717, 1.165) is 25.3 Å². The van der Waals surface area contributed by atoms with Crippen molar-refractivity contribution in [1.82, 2.24) is 5.32 Å². The lowest BCUT2D eigenvalue weighted by molar-refractivity contribution is 0.305. The highest BCUT2D eigenvalue weighted by atomic mass is 15.0. The average molecular weight is 170 g/mol. The smallest absolute Gasteiger partial charge is 0.0298 e. The second-order valence-electron chi connectivity index (χ2n) is 4.02. The molecular formula is C10H22N2. The van der Waals surface area contributed by atoms with Crippen LogP contribution in [0.4, 0.5) is 0 Å². The molecule has 0 bridgehead atoms. The number of nitrogens with one attached hydrogen (secondary N) is 1. The maximum atomic E-state index is 5.77. The van der Waals surface area contributed by atoms with Crippen molar-refractivity contribution in [3.63, 3.8) is 0 Å². The van der Waals surface area contributed by atoms with E-state index in [1.54, 1.807) is 0 Å². The van der Waals surface area contributed by atoms with Crippen LogP contribution in [0.25, 0.3) is 0 Å². The second kappa shape index (κ2) is 4.24. The van der Waals surface area contributed by atoms with Gasteiger partial charge in [-0.15, -0.1) is 0 Å². The molecule has 0 aromatic heterocycles. The first-order valence-corrected chi connectivity index (χ1v) is 5.21. The van der Waals surface area contributed by atoms with Crippen LogP contribution in [0.5, 0.6) is 0 Å². The fourth-order valence-corrected chi connectivity index (χ4v) is 1.54. The molecule has 0 spiro atoms. The molecule has 1 rings (SSSR count). The van der Waals surface area contributed by atoms with Crippen molar-refractivity contribution >= 4 is 0 Å². The van der Waals surface area contributed by atoms with E-state index < -0.39 is 0 Å². The predicted octanol–water partition coefficient (Wildman–Crippen LogP) is 1.50. The van der Waals surface area contributed by atoms with E-state index in [9.17, 15) is 0 Å². The van der Waals surface area contributed by atoms with Gasteiger partial charge in [-0.05, 0) is 38.1 Å². The second-order valence-corrected chi connectivity index (χ2v) is 4.02. The minimum atomic E-state index is 0.225. The molecule has 1 aliphatic rings. The Bertz CT molecular complexity index is 118. The Labute approximate surface area is 75.9 Å². The van der Waals surface area contributed by atoms with E-state index in [1.165, 1.54) is 19.4 Å². The Morgan fingerprint density at radius 3 is 2.25 bits per heavy atom. The lowest BCUT2D eigenvalue weighted by Crippen LogP contribution is -2.50. The van der Waals surface area contributed by atoms with Crippen molar-refractivity contribution < 1.29 is 0 Å². The average Bonchev–Trinajstić information content (AvgIpc) is 2.92. The van der Waals surface area contributed by atoms with Gasteiger partial charge in [0.05, 0.1) is 0 Å². The number of hydrogen-bond donors (Lipinski definition) is 2. The van der Waals surface area contributed by atoms with Crippen LogP contribution in [0.1, 0.15) is 39.5 Å². The number of hydrogen-bond acceptors (Lipinski definition) is 2. The summed E-state index contributed by atoms with van der Waals surface area (Å²) < 4.78 is 0. The van der Waals surface area contributed by atoms with Gasteiger partial charge in [0.2, 0.25) is 0 Å². The third-order valence-corrected chi connectivity index (χ3v) is 3.21. The van der Waals surface area contributed by atoms with Gasteiger partial charge in [-0.2, -0.15) is 0 Å². The summed E-state index contributed by atoms with van der Waals surface area (Å²) in [6.07, 6.45) is 5.13. The molecule has 72 valence electrons. The van der Waals surface area contributed by atoms with Crippen LogP contribution in [0.2, 0.25) is 0 Å². The van der Waals surface area contributed by atoms with E-state index in [-0.39, 0.29) is 5.54 Å². The molecule has 0 aliphatic heterocycles. The molecule has 1 saturated carbocycles. The van der Waals surface area contributed by atoms with Gasteiger partial charge in [-0.25, -0.2) is 0 Å². The first-order valence-electron chi connectivity index (χ1n) is 5.21. The van der Waals surface area contributed by atoms with E-state index >= 15 is 0 Å². The standard InChI is InChI=1S/C10H22N2/c1-3-10(4-2,8-11)12-7-9-5-6-9/h9,12H,3-8,11H2,1-2H3. The summed E-state index contributed by atoms with van der Waals surface area (Å²) in [5.41, 5.74) is 6.00. The molecule has 0 aromatic carbocycles. The largest absolute Gasteiger partial charge is 0.329 e. The summed E-state index contributed by atoms with van der Waals surface area (Å²) in [4.78, 5) is 0. The van der Waals surface area contributed by atoms with Crippen molar-refractivity contribution in [2.75, 3.05) is 13.1 Å². The molecule has 0 radical (unpaired) electrons. The van der Waals surface area contributed by atoms with E-state index in [0.29, 0.717) is 0 Å². The quantitative estimate of drug-likeness (QED) is 0.634. The Kier molecular flexibility index (Phi) is 3.53. The highest BCUT2D eigenvalue weighted by Crippen LogP contribution is 2.28. The SMILES string of the molecule is CCC(CC)(CN)NCC1CC1. The maximum Gasteiger partial charge on any atom is 0.0298 e. The molecular weight excluding hydrogens is 148 g/mol. The van der Waals surface area contributed by atoms with Gasteiger partial charge in [0.1, 0.15) is 0 Å². The summed E-state index contributed by atoms with van der Waals surface area (Å²) in [6, 6.07) is 0. The molecule has 0 amide bonds. The number of rotatable bonds is 6. The Balaban J connectivity index is 2.28. The van der Waals surface area contributed by atoms with Crippen LogP contribution in [0.15, 0.2) is 0 Å². The molecule has 0 heterocycles. The van der Waals surface area contributed by atoms with Crippen LogP contribution < -0.4 is 11.1 Å². The van der Waals surface area contributed by atoms with Crippen molar-refractivity contribution in [2.24, 2.45) is 11.7 Å². The molecule has 1 fully saturated rings. The van der Waals surface area contributed by atoms with Crippen LogP contribution in [0, 0.1) is 5.92 Å². The fourth-order valence-electron chi connectivity index (χ4n) is 1.54. The van der Waals surface area contributed by atoms with Crippen molar-refractivity contribution in [3.05, 3.63) is 0 Å². The van der Waals surface area contributed by atoms with Gasteiger partial charge in [-0.1, -0.05) is 13.8 Å². The Morgan fingerprint density at radius 2 is 1.92 bits per heavy atom. The zero-order valence-corrected chi connectivity index (χ0v) is 8.40. The molecule has 0 unspecified atom stereocenters. The lowest BCUT2D eigenvalue weighted by Gasteiger charge is -2.31. The van der Waals surface area contributed by atoms with Gasteiger partial charge >= 0.3 is 0 Å². The summed E-state index contributed by atoms with van der Waals surface area (Å²) in [5.74, 6) is 0.953. The van der Waals surface area contributed by atoms with E-state index in [4.69, 9.17) is 5.73 Å². The highest BCUT2D eigenvalue weighted by molar-refractivity contribution is 4.89. The van der Waals surface area contributed by atoms with Crippen LogP contribution in [-0.2, 0) is 0 Å².